The maximum absolute atomic E-state index is 12.8. The highest BCUT2D eigenvalue weighted by molar-refractivity contribution is 5.92. The summed E-state index contributed by atoms with van der Waals surface area (Å²) in [7, 11) is 0. The predicted octanol–water partition coefficient (Wildman–Crippen LogP) is 3.85. The summed E-state index contributed by atoms with van der Waals surface area (Å²) >= 11 is 0. The first-order valence-electron chi connectivity index (χ1n) is 9.22. The number of carbonyl (C=O) groups is 1. The van der Waals surface area contributed by atoms with Crippen LogP contribution in [0.25, 0.3) is 0 Å². The zero-order valence-electron chi connectivity index (χ0n) is 15.3. The van der Waals surface area contributed by atoms with E-state index >= 15 is 0 Å². The number of benzene rings is 2. The summed E-state index contributed by atoms with van der Waals surface area (Å²) in [5.41, 5.74) is 4.08. The second-order valence-electron chi connectivity index (χ2n) is 6.83. The first-order valence-corrected chi connectivity index (χ1v) is 9.22. The van der Waals surface area contributed by atoms with Crippen molar-refractivity contribution in [2.75, 3.05) is 11.9 Å². The van der Waals surface area contributed by atoms with E-state index in [1.54, 1.807) is 6.07 Å². The molecule has 0 bridgehead atoms. The minimum absolute atomic E-state index is 0.0698. The Kier molecular flexibility index (Phi) is 4.83. The van der Waals surface area contributed by atoms with Crippen molar-refractivity contribution in [2.24, 2.45) is 0 Å². The second kappa shape index (κ2) is 7.58. The number of hydrogen-bond donors (Lipinski definition) is 1. The normalized spacial score (nSPS) is 14.3. The SMILES string of the molecule is CC(Nc1ccc(C(=O)N2CCc3ccccc3C2)nn1)c1ccccc1. The van der Waals surface area contributed by atoms with Crippen molar-refractivity contribution in [3.05, 3.63) is 89.1 Å². The molecule has 5 nitrogen and oxygen atoms in total. The molecule has 1 unspecified atom stereocenters. The Hall–Kier alpha value is -3.21. The van der Waals surface area contributed by atoms with E-state index in [2.05, 4.69) is 46.7 Å². The summed E-state index contributed by atoms with van der Waals surface area (Å²) in [6, 6.07) is 22.1. The van der Waals surface area contributed by atoms with Gasteiger partial charge in [-0.05, 0) is 42.2 Å². The molecule has 1 amide bonds. The van der Waals surface area contributed by atoms with Crippen molar-refractivity contribution in [1.29, 1.82) is 0 Å². The van der Waals surface area contributed by atoms with Crippen LogP contribution in [0.5, 0.6) is 0 Å². The molecule has 5 heteroatoms. The zero-order chi connectivity index (χ0) is 18.6. The largest absolute Gasteiger partial charge is 0.362 e. The number of rotatable bonds is 4. The number of nitrogens with zero attached hydrogens (tertiary/aromatic N) is 3. The van der Waals surface area contributed by atoms with Gasteiger partial charge in [0.15, 0.2) is 5.69 Å². The summed E-state index contributed by atoms with van der Waals surface area (Å²) in [6.45, 7) is 3.41. The number of hydrogen-bond acceptors (Lipinski definition) is 4. The van der Waals surface area contributed by atoms with E-state index < -0.39 is 0 Å². The van der Waals surface area contributed by atoms with Gasteiger partial charge in [-0.25, -0.2) is 0 Å². The van der Waals surface area contributed by atoms with Gasteiger partial charge in [0.1, 0.15) is 5.82 Å². The molecule has 0 spiro atoms. The third-order valence-corrected chi connectivity index (χ3v) is 4.97. The fourth-order valence-corrected chi connectivity index (χ4v) is 3.40. The summed E-state index contributed by atoms with van der Waals surface area (Å²) in [5, 5.41) is 11.7. The Bertz CT molecular complexity index is 925. The van der Waals surface area contributed by atoms with Crippen LogP contribution in [0, 0.1) is 0 Å². The van der Waals surface area contributed by atoms with Crippen LogP contribution in [0.1, 0.15) is 40.1 Å². The third-order valence-electron chi connectivity index (χ3n) is 4.97. The average Bonchev–Trinajstić information content (AvgIpc) is 2.74. The highest BCUT2D eigenvalue weighted by Gasteiger charge is 2.22. The fraction of sp³-hybridized carbons (Fsp3) is 0.227. The van der Waals surface area contributed by atoms with Crippen molar-refractivity contribution in [2.45, 2.75) is 25.9 Å². The lowest BCUT2D eigenvalue weighted by Gasteiger charge is -2.28. The number of amides is 1. The van der Waals surface area contributed by atoms with Crippen LogP contribution in [0.3, 0.4) is 0 Å². The number of carbonyl (C=O) groups excluding carboxylic acids is 1. The van der Waals surface area contributed by atoms with Gasteiger partial charge < -0.3 is 10.2 Å². The molecule has 3 aromatic rings. The molecule has 27 heavy (non-hydrogen) atoms. The molecular formula is C22H22N4O. The smallest absolute Gasteiger partial charge is 0.274 e. The van der Waals surface area contributed by atoms with Crippen LogP contribution in [0.2, 0.25) is 0 Å². The van der Waals surface area contributed by atoms with Gasteiger partial charge in [0.25, 0.3) is 5.91 Å². The molecule has 0 radical (unpaired) electrons. The van der Waals surface area contributed by atoms with Crippen LogP contribution in [0.15, 0.2) is 66.7 Å². The lowest BCUT2D eigenvalue weighted by Crippen LogP contribution is -2.36. The Labute approximate surface area is 159 Å². The Morgan fingerprint density at radius 3 is 2.44 bits per heavy atom. The maximum atomic E-state index is 12.8. The van der Waals surface area contributed by atoms with Gasteiger partial charge in [-0.1, -0.05) is 54.6 Å². The Morgan fingerprint density at radius 2 is 1.70 bits per heavy atom. The molecule has 2 heterocycles. The Morgan fingerprint density at radius 1 is 0.963 bits per heavy atom. The molecule has 0 saturated heterocycles. The first kappa shape index (κ1) is 17.2. The summed E-state index contributed by atoms with van der Waals surface area (Å²) in [4.78, 5) is 14.6. The van der Waals surface area contributed by atoms with Crippen molar-refractivity contribution >= 4 is 11.7 Å². The summed E-state index contributed by atoms with van der Waals surface area (Å²) < 4.78 is 0. The van der Waals surface area contributed by atoms with Crippen LogP contribution in [-0.2, 0) is 13.0 Å². The summed E-state index contributed by atoms with van der Waals surface area (Å²) in [6.07, 6.45) is 0.879. The maximum Gasteiger partial charge on any atom is 0.274 e. The number of nitrogens with one attached hydrogen (secondary N) is 1. The molecule has 1 aliphatic heterocycles. The van der Waals surface area contributed by atoms with Crippen LogP contribution in [-0.4, -0.2) is 27.5 Å². The van der Waals surface area contributed by atoms with Crippen molar-refractivity contribution < 1.29 is 4.79 Å². The van der Waals surface area contributed by atoms with Gasteiger partial charge in [-0.3, -0.25) is 4.79 Å². The molecule has 1 N–H and O–H groups in total. The lowest BCUT2D eigenvalue weighted by atomic mass is 10.00. The molecule has 1 aliphatic rings. The Balaban J connectivity index is 1.42. The molecule has 4 rings (SSSR count). The van der Waals surface area contributed by atoms with Gasteiger partial charge in [0, 0.05) is 19.1 Å². The fourth-order valence-electron chi connectivity index (χ4n) is 3.40. The van der Waals surface area contributed by atoms with E-state index in [4.69, 9.17) is 0 Å². The van der Waals surface area contributed by atoms with Crippen LogP contribution < -0.4 is 5.32 Å². The molecule has 0 aliphatic carbocycles. The van der Waals surface area contributed by atoms with E-state index in [1.165, 1.54) is 16.7 Å². The standard InChI is InChI=1S/C22H22N4O/c1-16(17-7-3-2-4-8-17)23-21-12-11-20(24-25-21)22(27)26-14-13-18-9-5-6-10-19(18)15-26/h2-12,16H,13-15H2,1H3,(H,23,25). The number of anilines is 1. The molecule has 0 fully saturated rings. The minimum Gasteiger partial charge on any atom is -0.362 e. The predicted molar refractivity (Wildman–Crippen MR) is 105 cm³/mol. The van der Waals surface area contributed by atoms with Gasteiger partial charge in [-0.15, -0.1) is 10.2 Å². The zero-order valence-corrected chi connectivity index (χ0v) is 15.3. The monoisotopic (exact) mass is 358 g/mol. The third kappa shape index (κ3) is 3.82. The highest BCUT2D eigenvalue weighted by Crippen LogP contribution is 2.21. The molecular weight excluding hydrogens is 336 g/mol. The van der Waals surface area contributed by atoms with E-state index in [9.17, 15) is 4.79 Å². The lowest BCUT2D eigenvalue weighted by molar-refractivity contribution is 0.0727. The first-order chi connectivity index (χ1) is 13.2. The van der Waals surface area contributed by atoms with E-state index in [-0.39, 0.29) is 11.9 Å². The number of fused-ring (bicyclic) bond motifs is 1. The van der Waals surface area contributed by atoms with E-state index in [1.807, 2.05) is 41.3 Å². The van der Waals surface area contributed by atoms with Crippen molar-refractivity contribution in [3.8, 4) is 0 Å². The van der Waals surface area contributed by atoms with Crippen molar-refractivity contribution in [1.82, 2.24) is 15.1 Å². The van der Waals surface area contributed by atoms with Crippen LogP contribution in [0.4, 0.5) is 5.82 Å². The number of aromatic nitrogens is 2. The van der Waals surface area contributed by atoms with E-state index in [0.29, 0.717) is 24.6 Å². The van der Waals surface area contributed by atoms with Crippen molar-refractivity contribution in [3.63, 3.8) is 0 Å². The average molecular weight is 358 g/mol. The van der Waals surface area contributed by atoms with Gasteiger partial charge in [0.05, 0.1) is 0 Å². The molecule has 1 aromatic heterocycles. The topological polar surface area (TPSA) is 58.1 Å². The molecule has 1 atom stereocenters. The van der Waals surface area contributed by atoms with Crippen LogP contribution >= 0.6 is 0 Å². The van der Waals surface area contributed by atoms with Gasteiger partial charge in [-0.2, -0.15) is 0 Å². The highest BCUT2D eigenvalue weighted by atomic mass is 16.2. The van der Waals surface area contributed by atoms with Gasteiger partial charge >= 0.3 is 0 Å². The minimum atomic E-state index is -0.0698. The molecule has 2 aromatic carbocycles. The second-order valence-corrected chi connectivity index (χ2v) is 6.83. The summed E-state index contributed by atoms with van der Waals surface area (Å²) in [5.74, 6) is 0.589. The van der Waals surface area contributed by atoms with E-state index in [0.717, 1.165) is 6.42 Å². The molecule has 0 saturated carbocycles. The van der Waals surface area contributed by atoms with Gasteiger partial charge in [0.2, 0.25) is 0 Å². The molecule has 136 valence electrons. The quantitative estimate of drug-likeness (QED) is 0.770.